The zero-order valence-corrected chi connectivity index (χ0v) is 16.0. The number of carbonyl (C=O) groups is 2. The number of benzene rings is 2. The minimum absolute atomic E-state index is 0.00492. The third-order valence-corrected chi connectivity index (χ3v) is 5.36. The van der Waals surface area contributed by atoms with Crippen molar-refractivity contribution >= 4 is 11.9 Å². The number of hydrogen-bond acceptors (Lipinski definition) is 3. The molecule has 1 amide bonds. The van der Waals surface area contributed by atoms with Crippen LogP contribution in [0.4, 0.5) is 0 Å². The summed E-state index contributed by atoms with van der Waals surface area (Å²) in [6.07, 6.45) is 2.04. The monoisotopic (exact) mass is 365 g/mol. The lowest BCUT2D eigenvalue weighted by atomic mass is 9.62. The molecule has 0 aliphatic heterocycles. The van der Waals surface area contributed by atoms with E-state index in [0.29, 0.717) is 26.0 Å². The summed E-state index contributed by atoms with van der Waals surface area (Å²) < 4.78 is 5.30. The van der Waals surface area contributed by atoms with Crippen molar-refractivity contribution in [2.45, 2.75) is 44.4 Å². The molecule has 0 bridgehead atoms. The van der Waals surface area contributed by atoms with E-state index in [-0.39, 0.29) is 17.8 Å². The van der Waals surface area contributed by atoms with Crippen molar-refractivity contribution in [1.82, 2.24) is 5.32 Å². The fourth-order valence-corrected chi connectivity index (χ4v) is 4.11. The molecule has 0 saturated heterocycles. The largest absolute Gasteiger partial charge is 0.466 e. The Morgan fingerprint density at radius 1 is 1.07 bits per heavy atom. The van der Waals surface area contributed by atoms with E-state index < -0.39 is 5.41 Å². The number of nitrogens with one attached hydrogen (secondary N) is 1. The van der Waals surface area contributed by atoms with Crippen LogP contribution in [0.25, 0.3) is 0 Å². The van der Waals surface area contributed by atoms with Gasteiger partial charge in [0.25, 0.3) is 0 Å². The summed E-state index contributed by atoms with van der Waals surface area (Å²) in [7, 11) is 0. The molecule has 2 unspecified atom stereocenters. The lowest BCUT2D eigenvalue weighted by molar-refractivity contribution is -0.145. The number of fused-ring (bicyclic) bond motifs is 1. The van der Waals surface area contributed by atoms with Gasteiger partial charge in [-0.05, 0) is 42.9 Å². The smallest absolute Gasteiger partial charge is 0.313 e. The van der Waals surface area contributed by atoms with Crippen molar-refractivity contribution < 1.29 is 14.3 Å². The molecule has 27 heavy (non-hydrogen) atoms. The number of ether oxygens (including phenoxy) is 1. The number of esters is 1. The molecule has 0 fully saturated rings. The van der Waals surface area contributed by atoms with Crippen LogP contribution in [0, 0.1) is 0 Å². The highest BCUT2D eigenvalue weighted by atomic mass is 16.5. The third kappa shape index (κ3) is 3.48. The predicted molar refractivity (Wildman–Crippen MR) is 106 cm³/mol. The van der Waals surface area contributed by atoms with Crippen LogP contribution in [0.5, 0.6) is 0 Å². The van der Waals surface area contributed by atoms with Crippen molar-refractivity contribution in [1.29, 1.82) is 0 Å². The molecule has 1 aliphatic rings. The van der Waals surface area contributed by atoms with Crippen LogP contribution in [0.3, 0.4) is 0 Å². The van der Waals surface area contributed by atoms with Gasteiger partial charge in [0.15, 0.2) is 0 Å². The Hall–Kier alpha value is -2.62. The maximum Gasteiger partial charge on any atom is 0.313 e. The first-order valence-electron chi connectivity index (χ1n) is 9.75. The molecule has 1 N–H and O–H groups in total. The molecule has 4 nitrogen and oxygen atoms in total. The molecule has 4 heteroatoms. The average molecular weight is 365 g/mol. The van der Waals surface area contributed by atoms with Crippen molar-refractivity contribution in [2.75, 3.05) is 13.2 Å². The number of amides is 1. The average Bonchev–Trinajstić information content (AvgIpc) is 2.72. The van der Waals surface area contributed by atoms with Gasteiger partial charge in [-0.1, -0.05) is 61.5 Å². The minimum atomic E-state index is -0.782. The van der Waals surface area contributed by atoms with Gasteiger partial charge in [0, 0.05) is 6.54 Å². The second-order valence-electron chi connectivity index (χ2n) is 6.96. The standard InChI is InChI=1S/C23H27NO3/c1-3-16-24-22(26)23(17-10-6-5-7-11-17)15-14-19(21(25)27-4-2)18-12-8-9-13-20(18)23/h5-13,19H,3-4,14-16H2,1-2H3,(H,24,26). The van der Waals surface area contributed by atoms with Crippen molar-refractivity contribution in [3.05, 3.63) is 71.3 Å². The maximum absolute atomic E-state index is 13.4. The van der Waals surface area contributed by atoms with E-state index >= 15 is 0 Å². The first-order valence-corrected chi connectivity index (χ1v) is 9.75. The molecule has 2 atom stereocenters. The second-order valence-corrected chi connectivity index (χ2v) is 6.96. The Bertz CT molecular complexity index is 802. The normalized spacial score (nSPS) is 21.2. The van der Waals surface area contributed by atoms with E-state index in [1.807, 2.05) is 68.4 Å². The Morgan fingerprint density at radius 3 is 2.48 bits per heavy atom. The SMILES string of the molecule is CCCNC(=O)C1(c2ccccc2)CCC(C(=O)OCC)c2ccccc21. The Morgan fingerprint density at radius 2 is 1.78 bits per heavy atom. The quantitative estimate of drug-likeness (QED) is 0.789. The van der Waals surface area contributed by atoms with Gasteiger partial charge in [0.1, 0.15) is 0 Å². The topological polar surface area (TPSA) is 55.4 Å². The van der Waals surface area contributed by atoms with Gasteiger partial charge >= 0.3 is 5.97 Å². The molecule has 0 spiro atoms. The van der Waals surface area contributed by atoms with E-state index in [2.05, 4.69) is 5.32 Å². The van der Waals surface area contributed by atoms with Crippen LogP contribution in [0.2, 0.25) is 0 Å². The highest BCUT2D eigenvalue weighted by molar-refractivity contribution is 5.94. The van der Waals surface area contributed by atoms with Crippen molar-refractivity contribution in [3.63, 3.8) is 0 Å². The molecule has 142 valence electrons. The van der Waals surface area contributed by atoms with E-state index in [0.717, 1.165) is 23.1 Å². The second kappa shape index (κ2) is 8.38. The zero-order valence-electron chi connectivity index (χ0n) is 16.0. The van der Waals surface area contributed by atoms with Gasteiger partial charge in [-0.25, -0.2) is 0 Å². The molecule has 1 aliphatic carbocycles. The van der Waals surface area contributed by atoms with Gasteiger partial charge in [0.05, 0.1) is 17.9 Å². The number of carbonyl (C=O) groups excluding carboxylic acids is 2. The lowest BCUT2D eigenvalue weighted by Crippen LogP contribution is -2.48. The fourth-order valence-electron chi connectivity index (χ4n) is 4.11. The molecule has 2 aromatic rings. The Balaban J connectivity index is 2.15. The van der Waals surface area contributed by atoms with Crippen LogP contribution in [-0.4, -0.2) is 25.0 Å². The molecule has 2 aromatic carbocycles. The third-order valence-electron chi connectivity index (χ3n) is 5.36. The van der Waals surface area contributed by atoms with Crippen LogP contribution in [0.1, 0.15) is 55.7 Å². The van der Waals surface area contributed by atoms with E-state index in [1.54, 1.807) is 0 Å². The summed E-state index contributed by atoms with van der Waals surface area (Å²) in [4.78, 5) is 25.9. The summed E-state index contributed by atoms with van der Waals surface area (Å²) >= 11 is 0. The molecule has 0 heterocycles. The van der Waals surface area contributed by atoms with Crippen LogP contribution in [0.15, 0.2) is 54.6 Å². The van der Waals surface area contributed by atoms with Gasteiger partial charge in [-0.3, -0.25) is 9.59 Å². The predicted octanol–water partition coefficient (Wildman–Crippen LogP) is 3.94. The van der Waals surface area contributed by atoms with Gasteiger partial charge < -0.3 is 10.1 Å². The number of rotatable bonds is 6. The summed E-state index contributed by atoms with van der Waals surface area (Å²) in [6.45, 7) is 4.86. The molecule has 0 saturated carbocycles. The molecule has 3 rings (SSSR count). The summed E-state index contributed by atoms with van der Waals surface area (Å²) in [5.74, 6) is -0.525. The highest BCUT2D eigenvalue weighted by Gasteiger charge is 2.48. The van der Waals surface area contributed by atoms with Crippen LogP contribution < -0.4 is 5.32 Å². The van der Waals surface area contributed by atoms with E-state index in [9.17, 15) is 9.59 Å². The van der Waals surface area contributed by atoms with Gasteiger partial charge in [-0.2, -0.15) is 0 Å². The summed E-state index contributed by atoms with van der Waals surface area (Å²) in [5.41, 5.74) is 2.00. The zero-order chi connectivity index (χ0) is 19.3. The summed E-state index contributed by atoms with van der Waals surface area (Å²) in [5, 5.41) is 3.10. The molecule has 0 radical (unpaired) electrons. The Labute approximate surface area is 160 Å². The van der Waals surface area contributed by atoms with E-state index in [1.165, 1.54) is 0 Å². The first-order chi connectivity index (χ1) is 13.1. The Kier molecular flexibility index (Phi) is 5.94. The fraction of sp³-hybridized carbons (Fsp3) is 0.391. The van der Waals surface area contributed by atoms with E-state index in [4.69, 9.17) is 4.74 Å². The van der Waals surface area contributed by atoms with Gasteiger partial charge in [0.2, 0.25) is 5.91 Å². The van der Waals surface area contributed by atoms with Crippen molar-refractivity contribution in [2.24, 2.45) is 0 Å². The molecular weight excluding hydrogens is 338 g/mol. The summed E-state index contributed by atoms with van der Waals surface area (Å²) in [6, 6.07) is 17.7. The molecular formula is C23H27NO3. The molecule has 0 aromatic heterocycles. The first kappa shape index (κ1) is 19.2. The minimum Gasteiger partial charge on any atom is -0.466 e. The maximum atomic E-state index is 13.4. The highest BCUT2D eigenvalue weighted by Crippen LogP contribution is 2.47. The number of hydrogen-bond donors (Lipinski definition) is 1. The van der Waals surface area contributed by atoms with Crippen LogP contribution >= 0.6 is 0 Å². The van der Waals surface area contributed by atoms with Gasteiger partial charge in [-0.15, -0.1) is 0 Å². The van der Waals surface area contributed by atoms with Crippen LogP contribution in [-0.2, 0) is 19.7 Å². The van der Waals surface area contributed by atoms with Crippen molar-refractivity contribution in [3.8, 4) is 0 Å². The lowest BCUT2D eigenvalue weighted by Gasteiger charge is -2.40.